The molecule has 2 N–H and O–H groups in total. The molecule has 21 heavy (non-hydrogen) atoms. The van der Waals surface area contributed by atoms with Crippen molar-refractivity contribution < 1.29 is 0 Å². The molecule has 0 radical (unpaired) electrons. The number of imidazole rings is 1. The largest absolute Gasteiger partial charge is 0.398 e. The summed E-state index contributed by atoms with van der Waals surface area (Å²) in [6, 6.07) is 16.0. The maximum Gasteiger partial charge on any atom is 0.0961 e. The Kier molecular flexibility index (Phi) is 2.60. The van der Waals surface area contributed by atoms with Gasteiger partial charge in [0.15, 0.2) is 0 Å². The van der Waals surface area contributed by atoms with E-state index in [1.54, 1.807) is 6.20 Å². The molecule has 4 nitrogen and oxygen atoms in total. The number of hydrogen-bond donors (Lipinski definition) is 1. The Morgan fingerprint density at radius 2 is 1.86 bits per heavy atom. The standard InChI is InChI=1S/C17H14N4/c18-14-8-7-12(17-13(14)4-3-9-19-17)10-21-11-20-15-5-1-2-6-16(15)21/h1-9,11H,10,18H2. The van der Waals surface area contributed by atoms with Gasteiger partial charge in [0.1, 0.15) is 0 Å². The lowest BCUT2D eigenvalue weighted by atomic mass is 10.1. The number of hydrogen-bond acceptors (Lipinski definition) is 3. The van der Waals surface area contributed by atoms with Crippen LogP contribution in [0.3, 0.4) is 0 Å². The summed E-state index contributed by atoms with van der Waals surface area (Å²) in [7, 11) is 0. The molecule has 0 unspecified atom stereocenters. The summed E-state index contributed by atoms with van der Waals surface area (Å²) in [5, 5.41) is 0.999. The van der Waals surface area contributed by atoms with Crippen molar-refractivity contribution in [2.45, 2.75) is 6.54 Å². The number of para-hydroxylation sites is 2. The molecule has 0 bridgehead atoms. The molecular weight excluding hydrogens is 260 g/mol. The molecule has 0 saturated heterocycles. The molecule has 0 aliphatic carbocycles. The number of rotatable bonds is 2. The Bertz CT molecular complexity index is 940. The number of anilines is 1. The second-order valence-electron chi connectivity index (χ2n) is 5.07. The van der Waals surface area contributed by atoms with Gasteiger partial charge in [-0.25, -0.2) is 4.98 Å². The van der Waals surface area contributed by atoms with Crippen molar-refractivity contribution in [3.8, 4) is 0 Å². The highest BCUT2D eigenvalue weighted by Gasteiger charge is 2.08. The Morgan fingerprint density at radius 3 is 2.81 bits per heavy atom. The molecule has 0 aliphatic heterocycles. The smallest absolute Gasteiger partial charge is 0.0961 e. The second kappa shape index (κ2) is 4.59. The van der Waals surface area contributed by atoms with E-state index in [4.69, 9.17) is 5.73 Å². The van der Waals surface area contributed by atoms with Gasteiger partial charge < -0.3 is 10.3 Å². The fourth-order valence-electron chi connectivity index (χ4n) is 2.70. The van der Waals surface area contributed by atoms with Crippen molar-refractivity contribution in [1.29, 1.82) is 0 Å². The van der Waals surface area contributed by atoms with Gasteiger partial charge in [-0.05, 0) is 35.9 Å². The summed E-state index contributed by atoms with van der Waals surface area (Å²) in [6.07, 6.45) is 3.67. The van der Waals surface area contributed by atoms with E-state index in [1.807, 2.05) is 48.8 Å². The molecule has 0 aliphatic rings. The lowest BCUT2D eigenvalue weighted by molar-refractivity contribution is 0.828. The highest BCUT2D eigenvalue weighted by atomic mass is 15.0. The Labute approximate surface area is 121 Å². The molecule has 2 heterocycles. The number of nitrogen functional groups attached to an aromatic ring is 1. The lowest BCUT2D eigenvalue weighted by Gasteiger charge is -2.09. The van der Waals surface area contributed by atoms with Crippen LogP contribution in [0, 0.1) is 0 Å². The fourth-order valence-corrected chi connectivity index (χ4v) is 2.70. The average molecular weight is 274 g/mol. The van der Waals surface area contributed by atoms with Gasteiger partial charge in [-0.2, -0.15) is 0 Å². The van der Waals surface area contributed by atoms with E-state index >= 15 is 0 Å². The zero-order valence-electron chi connectivity index (χ0n) is 11.4. The predicted molar refractivity (Wildman–Crippen MR) is 85.0 cm³/mol. The van der Waals surface area contributed by atoms with Crippen LogP contribution in [0.15, 0.2) is 61.1 Å². The normalized spacial score (nSPS) is 11.2. The van der Waals surface area contributed by atoms with E-state index in [9.17, 15) is 0 Å². The maximum absolute atomic E-state index is 6.03. The van der Waals surface area contributed by atoms with Gasteiger partial charge in [-0.1, -0.05) is 18.2 Å². The average Bonchev–Trinajstić information content (AvgIpc) is 2.94. The van der Waals surface area contributed by atoms with Crippen molar-refractivity contribution in [3.63, 3.8) is 0 Å². The summed E-state index contributed by atoms with van der Waals surface area (Å²) in [6.45, 7) is 0.730. The Balaban J connectivity index is 1.86. The van der Waals surface area contributed by atoms with Gasteiger partial charge in [0.25, 0.3) is 0 Å². The van der Waals surface area contributed by atoms with Crippen molar-refractivity contribution in [2.75, 3.05) is 5.73 Å². The van der Waals surface area contributed by atoms with E-state index < -0.39 is 0 Å². The Morgan fingerprint density at radius 1 is 0.952 bits per heavy atom. The number of fused-ring (bicyclic) bond motifs is 2. The lowest BCUT2D eigenvalue weighted by Crippen LogP contribution is -2.01. The molecule has 4 heteroatoms. The first kappa shape index (κ1) is 11.9. The summed E-state index contributed by atoms with van der Waals surface area (Å²) in [5.41, 5.74) is 11.0. The first-order valence-corrected chi connectivity index (χ1v) is 6.85. The predicted octanol–water partition coefficient (Wildman–Crippen LogP) is 3.22. The molecule has 2 aromatic heterocycles. The minimum absolute atomic E-state index is 0.730. The molecule has 4 rings (SSSR count). The van der Waals surface area contributed by atoms with E-state index in [0.29, 0.717) is 0 Å². The quantitative estimate of drug-likeness (QED) is 0.571. The van der Waals surface area contributed by atoms with Crippen LogP contribution in [-0.2, 0) is 6.54 Å². The third-order valence-electron chi connectivity index (χ3n) is 3.76. The van der Waals surface area contributed by atoms with Crippen LogP contribution in [0.1, 0.15) is 5.56 Å². The molecular formula is C17H14N4. The maximum atomic E-state index is 6.03. The molecule has 4 aromatic rings. The zero-order chi connectivity index (χ0) is 14.2. The first-order chi connectivity index (χ1) is 10.3. The van der Waals surface area contributed by atoms with Crippen LogP contribution in [0.2, 0.25) is 0 Å². The third kappa shape index (κ3) is 1.92. The van der Waals surface area contributed by atoms with Crippen LogP contribution in [0.4, 0.5) is 5.69 Å². The zero-order valence-corrected chi connectivity index (χ0v) is 11.4. The number of benzene rings is 2. The van der Waals surface area contributed by atoms with E-state index in [1.165, 1.54) is 0 Å². The molecule has 0 amide bonds. The third-order valence-corrected chi connectivity index (χ3v) is 3.76. The first-order valence-electron chi connectivity index (χ1n) is 6.85. The molecule has 0 atom stereocenters. The number of pyridine rings is 1. The van der Waals surface area contributed by atoms with Gasteiger partial charge in [0.2, 0.25) is 0 Å². The monoisotopic (exact) mass is 274 g/mol. The van der Waals surface area contributed by atoms with Crippen molar-refractivity contribution in [3.05, 3.63) is 66.6 Å². The van der Waals surface area contributed by atoms with Gasteiger partial charge in [-0.15, -0.1) is 0 Å². The number of nitrogens with zero attached hydrogens (tertiary/aromatic N) is 3. The summed E-state index contributed by atoms with van der Waals surface area (Å²) in [5.74, 6) is 0. The van der Waals surface area contributed by atoms with Crippen LogP contribution < -0.4 is 5.73 Å². The highest BCUT2D eigenvalue weighted by Crippen LogP contribution is 2.24. The van der Waals surface area contributed by atoms with Crippen LogP contribution in [0.5, 0.6) is 0 Å². The minimum Gasteiger partial charge on any atom is -0.398 e. The van der Waals surface area contributed by atoms with Gasteiger partial charge in [0, 0.05) is 17.3 Å². The number of aromatic nitrogens is 3. The van der Waals surface area contributed by atoms with Gasteiger partial charge in [0.05, 0.1) is 29.4 Å². The molecule has 0 spiro atoms. The minimum atomic E-state index is 0.730. The Hall–Kier alpha value is -2.88. The van der Waals surface area contributed by atoms with Gasteiger partial charge in [-0.3, -0.25) is 4.98 Å². The van der Waals surface area contributed by atoms with Crippen LogP contribution >= 0.6 is 0 Å². The number of nitrogens with two attached hydrogens (primary N) is 1. The SMILES string of the molecule is Nc1ccc(Cn2cnc3ccccc32)c2ncccc12. The summed E-state index contributed by atoms with van der Waals surface area (Å²) >= 11 is 0. The van der Waals surface area contributed by atoms with E-state index in [0.717, 1.165) is 39.7 Å². The van der Waals surface area contributed by atoms with Crippen molar-refractivity contribution in [1.82, 2.24) is 14.5 Å². The fraction of sp³-hybridized carbons (Fsp3) is 0.0588. The van der Waals surface area contributed by atoms with Gasteiger partial charge >= 0.3 is 0 Å². The van der Waals surface area contributed by atoms with Crippen LogP contribution in [-0.4, -0.2) is 14.5 Å². The highest BCUT2D eigenvalue weighted by molar-refractivity contribution is 5.92. The second-order valence-corrected chi connectivity index (χ2v) is 5.07. The van der Waals surface area contributed by atoms with E-state index in [-0.39, 0.29) is 0 Å². The molecule has 102 valence electrons. The molecule has 0 fully saturated rings. The molecule has 2 aromatic carbocycles. The summed E-state index contributed by atoms with van der Waals surface area (Å²) in [4.78, 5) is 8.92. The molecule has 0 saturated carbocycles. The van der Waals surface area contributed by atoms with Crippen molar-refractivity contribution >= 4 is 27.6 Å². The van der Waals surface area contributed by atoms with Crippen LogP contribution in [0.25, 0.3) is 21.9 Å². The topological polar surface area (TPSA) is 56.7 Å². The van der Waals surface area contributed by atoms with Crippen molar-refractivity contribution in [2.24, 2.45) is 0 Å². The van der Waals surface area contributed by atoms with E-state index in [2.05, 4.69) is 20.6 Å². The summed E-state index contributed by atoms with van der Waals surface area (Å²) < 4.78 is 2.13.